The van der Waals surface area contributed by atoms with Crippen molar-refractivity contribution in [3.63, 3.8) is 0 Å². The van der Waals surface area contributed by atoms with Crippen molar-refractivity contribution in [1.29, 1.82) is 0 Å². The van der Waals surface area contributed by atoms with Crippen molar-refractivity contribution < 1.29 is 14.3 Å². The molecule has 1 fully saturated rings. The molecular formula is C24H30N2O3. The Morgan fingerprint density at radius 2 is 1.93 bits per heavy atom. The van der Waals surface area contributed by atoms with Crippen LogP contribution < -0.4 is 0 Å². The molecule has 3 aromatic rings. The van der Waals surface area contributed by atoms with Gasteiger partial charge in [0.1, 0.15) is 5.76 Å². The number of hydrogen-bond acceptors (Lipinski definition) is 3. The number of unbranched alkanes of at least 4 members (excludes halogenated alkanes) is 2. The monoisotopic (exact) mass is 394 g/mol. The van der Waals surface area contributed by atoms with Crippen molar-refractivity contribution in [1.82, 2.24) is 9.47 Å². The van der Waals surface area contributed by atoms with Crippen molar-refractivity contribution in [2.75, 3.05) is 13.1 Å². The molecule has 3 heterocycles. The van der Waals surface area contributed by atoms with Crippen molar-refractivity contribution in [2.45, 2.75) is 58.0 Å². The van der Waals surface area contributed by atoms with Crippen molar-refractivity contribution in [3.05, 3.63) is 59.7 Å². The normalized spacial score (nSPS) is 15.9. The van der Waals surface area contributed by atoms with Crippen LogP contribution in [0.25, 0.3) is 10.9 Å². The molecule has 1 aliphatic rings. The molecule has 1 N–H and O–H groups in total. The Kier molecular flexibility index (Phi) is 6.05. The molecule has 0 radical (unpaired) electrons. The molecule has 2 aromatic heterocycles. The van der Waals surface area contributed by atoms with Crippen molar-refractivity contribution in [2.24, 2.45) is 0 Å². The number of carbonyl (C=O) groups is 1. The number of carboxylic acid groups (broad SMARTS) is 1. The molecule has 29 heavy (non-hydrogen) atoms. The highest BCUT2D eigenvalue weighted by Crippen LogP contribution is 2.35. The van der Waals surface area contributed by atoms with Gasteiger partial charge in [0, 0.05) is 23.6 Å². The molecule has 0 unspecified atom stereocenters. The van der Waals surface area contributed by atoms with Crippen LogP contribution in [0.2, 0.25) is 0 Å². The van der Waals surface area contributed by atoms with Gasteiger partial charge in [0.25, 0.3) is 0 Å². The summed E-state index contributed by atoms with van der Waals surface area (Å²) in [7, 11) is 0. The first kappa shape index (κ1) is 19.8. The Bertz CT molecular complexity index is 964. The zero-order valence-electron chi connectivity index (χ0n) is 17.1. The van der Waals surface area contributed by atoms with E-state index in [-0.39, 0.29) is 5.76 Å². The highest BCUT2D eigenvalue weighted by atomic mass is 16.4. The van der Waals surface area contributed by atoms with Gasteiger partial charge in [-0.3, -0.25) is 4.90 Å². The van der Waals surface area contributed by atoms with E-state index in [1.165, 1.54) is 41.8 Å². The second kappa shape index (κ2) is 8.87. The molecule has 0 saturated carbocycles. The van der Waals surface area contributed by atoms with Crippen LogP contribution in [-0.4, -0.2) is 33.6 Å². The summed E-state index contributed by atoms with van der Waals surface area (Å²) in [5, 5.41) is 10.4. The van der Waals surface area contributed by atoms with Gasteiger partial charge in [0.2, 0.25) is 5.76 Å². The number of furan rings is 1. The van der Waals surface area contributed by atoms with Gasteiger partial charge in [-0.25, -0.2) is 4.79 Å². The zero-order chi connectivity index (χ0) is 20.2. The number of benzene rings is 1. The van der Waals surface area contributed by atoms with E-state index in [1.807, 2.05) is 0 Å². The third-order valence-electron chi connectivity index (χ3n) is 6.10. The van der Waals surface area contributed by atoms with Crippen LogP contribution in [0.1, 0.15) is 66.8 Å². The molecule has 5 nitrogen and oxygen atoms in total. The molecule has 154 valence electrons. The van der Waals surface area contributed by atoms with E-state index in [9.17, 15) is 4.79 Å². The predicted molar refractivity (Wildman–Crippen MR) is 114 cm³/mol. The van der Waals surface area contributed by atoms with E-state index < -0.39 is 5.97 Å². The topological polar surface area (TPSA) is 58.6 Å². The van der Waals surface area contributed by atoms with Gasteiger partial charge in [0.05, 0.1) is 6.54 Å². The predicted octanol–water partition coefficient (Wildman–Crippen LogP) is 5.50. The molecule has 1 saturated heterocycles. The lowest BCUT2D eigenvalue weighted by Crippen LogP contribution is -2.32. The quantitative estimate of drug-likeness (QED) is 0.512. The number of likely N-dealkylation sites (tertiary alicyclic amines) is 1. The number of hydrogen-bond donors (Lipinski definition) is 1. The van der Waals surface area contributed by atoms with Crippen LogP contribution in [0.5, 0.6) is 0 Å². The molecular weight excluding hydrogens is 364 g/mol. The number of rotatable bonds is 8. The molecule has 0 bridgehead atoms. The number of aromatic nitrogens is 1. The second-order valence-electron chi connectivity index (χ2n) is 8.12. The number of fused-ring (bicyclic) bond motifs is 1. The molecule has 4 rings (SSSR count). The van der Waals surface area contributed by atoms with E-state index in [0.717, 1.165) is 38.2 Å². The largest absolute Gasteiger partial charge is 0.475 e. The molecule has 1 aliphatic heterocycles. The van der Waals surface area contributed by atoms with Gasteiger partial charge < -0.3 is 14.1 Å². The average Bonchev–Trinajstić information content (AvgIpc) is 3.34. The lowest BCUT2D eigenvalue weighted by Gasteiger charge is -2.31. The first-order valence-corrected chi connectivity index (χ1v) is 10.8. The Labute approximate surface area is 171 Å². The van der Waals surface area contributed by atoms with Crippen molar-refractivity contribution in [3.8, 4) is 0 Å². The first-order chi connectivity index (χ1) is 14.2. The first-order valence-electron chi connectivity index (χ1n) is 10.8. The van der Waals surface area contributed by atoms with Crippen LogP contribution in [0, 0.1) is 0 Å². The fraction of sp³-hybridized carbons (Fsp3) is 0.458. The Morgan fingerprint density at radius 1 is 1.14 bits per heavy atom. The molecule has 0 atom stereocenters. The standard InChI is InChI=1S/C24H30N2O3/c1-2-3-6-13-26-17-21(20-7-4-5-8-22(20)26)18-11-14-25(15-12-18)16-19-9-10-23(29-19)24(27)28/h4-5,7-10,17-18H,2-3,6,11-16H2,1H3,(H,27,28). The summed E-state index contributed by atoms with van der Waals surface area (Å²) in [6, 6.07) is 12.1. The highest BCUT2D eigenvalue weighted by molar-refractivity contribution is 5.85. The van der Waals surface area contributed by atoms with E-state index in [0.29, 0.717) is 12.5 Å². The molecule has 0 aliphatic carbocycles. The summed E-state index contributed by atoms with van der Waals surface area (Å²) in [6.07, 6.45) is 8.39. The third kappa shape index (κ3) is 4.40. The Morgan fingerprint density at radius 3 is 2.66 bits per heavy atom. The van der Waals surface area contributed by atoms with E-state index >= 15 is 0 Å². The molecule has 0 amide bonds. The van der Waals surface area contributed by atoms with Crippen LogP contribution in [-0.2, 0) is 13.1 Å². The smallest absolute Gasteiger partial charge is 0.371 e. The van der Waals surface area contributed by atoms with E-state index in [2.05, 4.69) is 46.9 Å². The second-order valence-corrected chi connectivity index (χ2v) is 8.12. The fourth-order valence-electron chi connectivity index (χ4n) is 4.52. The maximum Gasteiger partial charge on any atom is 0.371 e. The maximum absolute atomic E-state index is 11.0. The number of nitrogens with zero attached hydrogens (tertiary/aromatic N) is 2. The highest BCUT2D eigenvalue weighted by Gasteiger charge is 2.24. The Balaban J connectivity index is 1.42. The summed E-state index contributed by atoms with van der Waals surface area (Å²) in [5.74, 6) is 0.319. The summed E-state index contributed by atoms with van der Waals surface area (Å²) < 4.78 is 7.87. The van der Waals surface area contributed by atoms with Crippen molar-refractivity contribution >= 4 is 16.9 Å². The van der Waals surface area contributed by atoms with E-state index in [4.69, 9.17) is 9.52 Å². The lowest BCUT2D eigenvalue weighted by molar-refractivity contribution is 0.0657. The summed E-state index contributed by atoms with van der Waals surface area (Å²) in [5.41, 5.74) is 2.85. The van der Waals surface area contributed by atoms with Crippen LogP contribution in [0.4, 0.5) is 0 Å². The van der Waals surface area contributed by atoms with Gasteiger partial charge in [-0.15, -0.1) is 0 Å². The van der Waals surface area contributed by atoms with Crippen LogP contribution in [0.15, 0.2) is 47.0 Å². The summed E-state index contributed by atoms with van der Waals surface area (Å²) in [4.78, 5) is 13.4. The molecule has 5 heteroatoms. The maximum atomic E-state index is 11.0. The number of aryl methyl sites for hydroxylation is 1. The van der Waals surface area contributed by atoms with Gasteiger partial charge >= 0.3 is 5.97 Å². The third-order valence-corrected chi connectivity index (χ3v) is 6.10. The van der Waals surface area contributed by atoms with Crippen LogP contribution in [0.3, 0.4) is 0 Å². The number of carboxylic acids is 1. The van der Waals surface area contributed by atoms with Crippen LogP contribution >= 0.6 is 0 Å². The number of aromatic carboxylic acids is 1. The van der Waals surface area contributed by atoms with Gasteiger partial charge in [-0.1, -0.05) is 38.0 Å². The minimum absolute atomic E-state index is 0.0192. The number of piperidine rings is 1. The van der Waals surface area contributed by atoms with Gasteiger partial charge in [-0.2, -0.15) is 0 Å². The summed E-state index contributed by atoms with van der Waals surface area (Å²) >= 11 is 0. The van der Waals surface area contributed by atoms with Gasteiger partial charge in [-0.05, 0) is 62.0 Å². The average molecular weight is 395 g/mol. The molecule has 1 aromatic carbocycles. The SMILES string of the molecule is CCCCCn1cc(C2CCN(Cc3ccc(C(=O)O)o3)CC2)c2ccccc21. The lowest BCUT2D eigenvalue weighted by atomic mass is 9.89. The fourth-order valence-corrected chi connectivity index (χ4v) is 4.52. The molecule has 0 spiro atoms. The zero-order valence-corrected chi connectivity index (χ0v) is 17.1. The van der Waals surface area contributed by atoms with E-state index in [1.54, 1.807) is 6.07 Å². The van der Waals surface area contributed by atoms with Gasteiger partial charge in [0.15, 0.2) is 0 Å². The minimum atomic E-state index is -1.01. The number of para-hydroxylation sites is 1. The Hall–Kier alpha value is -2.53. The minimum Gasteiger partial charge on any atom is -0.475 e. The summed E-state index contributed by atoms with van der Waals surface area (Å²) in [6.45, 7) is 6.03.